The molecule has 2 aliphatic rings. The molecule has 2 aromatic heterocycles. The molecule has 1 saturated heterocycles. The minimum Gasteiger partial charge on any atom is -0.493 e. The van der Waals surface area contributed by atoms with E-state index < -0.39 is 0 Å². The van der Waals surface area contributed by atoms with Crippen LogP contribution in [0.25, 0.3) is 22.2 Å². The molecule has 0 bridgehead atoms. The van der Waals surface area contributed by atoms with E-state index >= 15 is 0 Å². The van der Waals surface area contributed by atoms with E-state index in [2.05, 4.69) is 15.3 Å². The Labute approximate surface area is 204 Å². The van der Waals surface area contributed by atoms with E-state index in [0.29, 0.717) is 65.6 Å². The van der Waals surface area contributed by atoms with Crippen molar-refractivity contribution in [1.29, 1.82) is 0 Å². The predicted molar refractivity (Wildman–Crippen MR) is 132 cm³/mol. The largest absolute Gasteiger partial charge is 0.493 e. The van der Waals surface area contributed by atoms with Gasteiger partial charge in [-0.05, 0) is 62.8 Å². The molecule has 1 aromatic carbocycles. The second-order valence-electron chi connectivity index (χ2n) is 9.58. The van der Waals surface area contributed by atoms with Gasteiger partial charge < -0.3 is 19.9 Å². The van der Waals surface area contributed by atoms with Gasteiger partial charge in [0.15, 0.2) is 0 Å². The summed E-state index contributed by atoms with van der Waals surface area (Å²) < 4.78 is 20.3. The third-order valence-corrected chi connectivity index (χ3v) is 6.99. The molecule has 184 valence electrons. The molecule has 2 fully saturated rings. The Morgan fingerprint density at radius 1 is 1.17 bits per heavy atom. The van der Waals surface area contributed by atoms with Crippen molar-refractivity contribution in [1.82, 2.24) is 20.2 Å². The quantitative estimate of drug-likeness (QED) is 0.520. The molecule has 0 unspecified atom stereocenters. The Morgan fingerprint density at radius 3 is 2.66 bits per heavy atom. The lowest BCUT2D eigenvalue weighted by Gasteiger charge is -2.32. The molecule has 35 heavy (non-hydrogen) atoms. The number of carbonyl (C=O) groups excluding carboxylic acids is 2. The number of carbonyl (C=O) groups is 2. The Balaban J connectivity index is 1.41. The van der Waals surface area contributed by atoms with Crippen LogP contribution in [0.15, 0.2) is 30.5 Å². The minimum absolute atomic E-state index is 0.00147. The summed E-state index contributed by atoms with van der Waals surface area (Å²) in [6.45, 7) is 5.63. The SMILES string of the molecule is CCC(=O)N1CCC(NC(=O)c2c(C)[nH]c3c(-c4cc(F)ccc4OCC4CC4)ccnc23)CC1. The summed E-state index contributed by atoms with van der Waals surface area (Å²) in [5.74, 6) is 0.801. The number of hydrogen-bond acceptors (Lipinski definition) is 4. The number of ether oxygens (including phenoxy) is 1. The van der Waals surface area contributed by atoms with Crippen LogP contribution in [-0.4, -0.2) is 52.4 Å². The number of nitrogens with one attached hydrogen (secondary N) is 2. The summed E-state index contributed by atoms with van der Waals surface area (Å²) >= 11 is 0. The number of piperidine rings is 1. The van der Waals surface area contributed by atoms with E-state index in [1.54, 1.807) is 12.3 Å². The van der Waals surface area contributed by atoms with Gasteiger partial charge in [-0.2, -0.15) is 0 Å². The molecule has 0 radical (unpaired) electrons. The highest BCUT2D eigenvalue weighted by Crippen LogP contribution is 2.38. The number of aromatic nitrogens is 2. The first kappa shape index (κ1) is 23.3. The fourth-order valence-electron chi connectivity index (χ4n) is 4.79. The Kier molecular flexibility index (Phi) is 6.45. The average Bonchev–Trinajstić information content (AvgIpc) is 3.62. The van der Waals surface area contributed by atoms with Crippen molar-refractivity contribution in [2.45, 2.75) is 52.0 Å². The normalized spacial score (nSPS) is 16.5. The van der Waals surface area contributed by atoms with E-state index in [1.807, 2.05) is 24.8 Å². The number of rotatable bonds is 7. The fourth-order valence-corrected chi connectivity index (χ4v) is 4.79. The smallest absolute Gasteiger partial charge is 0.255 e. The number of halogens is 1. The van der Waals surface area contributed by atoms with Gasteiger partial charge in [0.25, 0.3) is 5.91 Å². The van der Waals surface area contributed by atoms with Crippen LogP contribution in [0.2, 0.25) is 0 Å². The second kappa shape index (κ2) is 9.68. The zero-order chi connectivity index (χ0) is 24.5. The molecule has 7 nitrogen and oxygen atoms in total. The summed E-state index contributed by atoms with van der Waals surface area (Å²) in [7, 11) is 0. The van der Waals surface area contributed by atoms with Crippen LogP contribution in [0.3, 0.4) is 0 Å². The van der Waals surface area contributed by atoms with Gasteiger partial charge in [-0.1, -0.05) is 6.92 Å². The number of likely N-dealkylation sites (tertiary alicyclic amines) is 1. The highest BCUT2D eigenvalue weighted by Gasteiger charge is 2.27. The van der Waals surface area contributed by atoms with Gasteiger partial charge in [0.2, 0.25) is 5.91 Å². The minimum atomic E-state index is -0.349. The number of benzene rings is 1. The van der Waals surface area contributed by atoms with Gasteiger partial charge >= 0.3 is 0 Å². The summed E-state index contributed by atoms with van der Waals surface area (Å²) in [5.41, 5.74) is 3.81. The number of aryl methyl sites for hydroxylation is 1. The van der Waals surface area contributed by atoms with Crippen molar-refractivity contribution in [3.63, 3.8) is 0 Å². The molecule has 1 saturated carbocycles. The van der Waals surface area contributed by atoms with Crippen molar-refractivity contribution in [3.05, 3.63) is 47.5 Å². The van der Waals surface area contributed by atoms with Crippen molar-refractivity contribution < 1.29 is 18.7 Å². The third-order valence-electron chi connectivity index (χ3n) is 6.99. The van der Waals surface area contributed by atoms with Crippen LogP contribution in [0.5, 0.6) is 5.75 Å². The molecular weight excluding hydrogens is 447 g/mol. The van der Waals surface area contributed by atoms with Crippen LogP contribution in [-0.2, 0) is 4.79 Å². The number of amides is 2. The van der Waals surface area contributed by atoms with Crippen molar-refractivity contribution in [3.8, 4) is 16.9 Å². The van der Waals surface area contributed by atoms with Gasteiger partial charge in [0.1, 0.15) is 17.1 Å². The molecule has 1 aliphatic carbocycles. The summed E-state index contributed by atoms with van der Waals surface area (Å²) in [6.07, 6.45) is 5.92. The molecule has 5 rings (SSSR count). The topological polar surface area (TPSA) is 87.3 Å². The Bertz CT molecular complexity index is 1260. The van der Waals surface area contributed by atoms with Gasteiger partial charge in [-0.3, -0.25) is 14.6 Å². The number of nitrogens with zero attached hydrogens (tertiary/aromatic N) is 2. The van der Waals surface area contributed by atoms with Gasteiger partial charge in [0.05, 0.1) is 17.7 Å². The predicted octanol–water partition coefficient (Wildman–Crippen LogP) is 4.60. The number of H-pyrrole nitrogens is 1. The molecule has 0 atom stereocenters. The number of hydrogen-bond donors (Lipinski definition) is 2. The highest BCUT2D eigenvalue weighted by molar-refractivity contribution is 6.09. The first-order valence-corrected chi connectivity index (χ1v) is 12.4. The summed E-state index contributed by atoms with van der Waals surface area (Å²) in [4.78, 5) is 34.9. The van der Waals surface area contributed by atoms with E-state index in [1.165, 1.54) is 12.1 Å². The van der Waals surface area contributed by atoms with Crippen LogP contribution >= 0.6 is 0 Å². The van der Waals surface area contributed by atoms with Crippen LogP contribution in [0.4, 0.5) is 4.39 Å². The number of aromatic amines is 1. The third kappa shape index (κ3) is 4.88. The van der Waals surface area contributed by atoms with Gasteiger partial charge in [0, 0.05) is 48.6 Å². The number of fused-ring (bicyclic) bond motifs is 1. The molecule has 1 aliphatic heterocycles. The van der Waals surface area contributed by atoms with Gasteiger partial charge in [-0.25, -0.2) is 4.39 Å². The highest BCUT2D eigenvalue weighted by atomic mass is 19.1. The standard InChI is InChI=1S/C27H31FN4O3/c1-3-23(33)32-12-9-19(10-13-32)31-27(34)24-16(2)30-25-20(8-11-29-26(24)25)21-14-18(28)6-7-22(21)35-15-17-4-5-17/h6-8,11,14,17,19,30H,3-5,9-10,12-13,15H2,1-2H3,(H,31,34). The maximum absolute atomic E-state index is 14.2. The van der Waals surface area contributed by atoms with Crippen LogP contribution < -0.4 is 10.1 Å². The van der Waals surface area contributed by atoms with Crippen LogP contribution in [0, 0.1) is 18.7 Å². The lowest BCUT2D eigenvalue weighted by atomic mass is 10.0. The maximum atomic E-state index is 14.2. The molecule has 2 amide bonds. The lowest BCUT2D eigenvalue weighted by Crippen LogP contribution is -2.46. The molecule has 0 spiro atoms. The Morgan fingerprint density at radius 2 is 1.94 bits per heavy atom. The zero-order valence-electron chi connectivity index (χ0n) is 20.2. The fraction of sp³-hybridized carbons (Fsp3) is 0.444. The monoisotopic (exact) mass is 478 g/mol. The van der Waals surface area contributed by atoms with E-state index in [0.717, 1.165) is 31.2 Å². The van der Waals surface area contributed by atoms with Crippen molar-refractivity contribution in [2.24, 2.45) is 5.92 Å². The maximum Gasteiger partial charge on any atom is 0.255 e. The lowest BCUT2D eigenvalue weighted by molar-refractivity contribution is -0.131. The van der Waals surface area contributed by atoms with Crippen LogP contribution in [0.1, 0.15) is 55.1 Å². The number of pyridine rings is 1. The van der Waals surface area contributed by atoms with Crippen molar-refractivity contribution in [2.75, 3.05) is 19.7 Å². The van der Waals surface area contributed by atoms with E-state index in [9.17, 15) is 14.0 Å². The summed E-state index contributed by atoms with van der Waals surface area (Å²) in [5, 5.41) is 3.13. The first-order chi connectivity index (χ1) is 16.9. The summed E-state index contributed by atoms with van der Waals surface area (Å²) in [6, 6.07) is 6.36. The average molecular weight is 479 g/mol. The molecule has 3 heterocycles. The Hall–Kier alpha value is -3.42. The molecule has 3 aromatic rings. The second-order valence-corrected chi connectivity index (χ2v) is 9.58. The van der Waals surface area contributed by atoms with Gasteiger partial charge in [-0.15, -0.1) is 0 Å². The molecule has 2 N–H and O–H groups in total. The van der Waals surface area contributed by atoms with E-state index in [4.69, 9.17) is 4.74 Å². The van der Waals surface area contributed by atoms with E-state index in [-0.39, 0.29) is 23.7 Å². The molecular formula is C27H31FN4O3. The first-order valence-electron chi connectivity index (χ1n) is 12.4. The zero-order valence-corrected chi connectivity index (χ0v) is 20.2. The van der Waals surface area contributed by atoms with Crippen molar-refractivity contribution >= 4 is 22.8 Å². The molecule has 8 heteroatoms.